The maximum Gasteiger partial charge on any atom is 0.323 e. The number of benzene rings is 2. The first-order chi connectivity index (χ1) is 17.7. The average molecular weight is 532 g/mol. The van der Waals surface area contributed by atoms with Crippen molar-refractivity contribution in [3.63, 3.8) is 0 Å². The first kappa shape index (κ1) is 26.5. The monoisotopic (exact) mass is 531 g/mol. The fourth-order valence-corrected chi connectivity index (χ4v) is 5.39. The van der Waals surface area contributed by atoms with E-state index in [-0.39, 0.29) is 6.03 Å². The molecule has 190 valence electrons. The van der Waals surface area contributed by atoms with Gasteiger partial charge in [0.05, 0.1) is 16.8 Å². The van der Waals surface area contributed by atoms with Gasteiger partial charge in [0.2, 0.25) is 0 Å². The van der Waals surface area contributed by atoms with Gasteiger partial charge in [-0.25, -0.2) is 9.78 Å². The summed E-state index contributed by atoms with van der Waals surface area (Å²) >= 11 is 7.59. The lowest BCUT2D eigenvalue weighted by Crippen LogP contribution is -2.37. The molecule has 0 fully saturated rings. The molecule has 37 heavy (non-hydrogen) atoms. The van der Waals surface area contributed by atoms with Crippen molar-refractivity contribution in [1.29, 1.82) is 0 Å². The van der Waals surface area contributed by atoms with Crippen LogP contribution in [0, 0.1) is 11.8 Å². The smallest absolute Gasteiger partial charge is 0.323 e. The summed E-state index contributed by atoms with van der Waals surface area (Å²) < 4.78 is 1.03. The van der Waals surface area contributed by atoms with Crippen LogP contribution in [0.3, 0.4) is 0 Å². The van der Waals surface area contributed by atoms with Crippen LogP contribution in [-0.2, 0) is 0 Å². The van der Waals surface area contributed by atoms with E-state index < -0.39 is 0 Å². The first-order valence-electron chi connectivity index (χ1n) is 12.1. The van der Waals surface area contributed by atoms with E-state index in [1.807, 2.05) is 24.3 Å². The second-order valence-electron chi connectivity index (χ2n) is 9.24. The van der Waals surface area contributed by atoms with Crippen molar-refractivity contribution in [3.05, 3.63) is 70.7 Å². The molecule has 0 radical (unpaired) electrons. The minimum atomic E-state index is -0.346. The summed E-state index contributed by atoms with van der Waals surface area (Å²) in [6.45, 7) is 9.43. The number of carbonyl (C=O) groups excluding carboxylic acids is 1. The van der Waals surface area contributed by atoms with E-state index in [0.29, 0.717) is 40.8 Å². The third kappa shape index (κ3) is 6.41. The summed E-state index contributed by atoms with van der Waals surface area (Å²) in [7, 11) is 0. The number of nitrogens with two attached hydrogens (primary N) is 1. The predicted octanol–water partition coefficient (Wildman–Crippen LogP) is 7.31. The standard InChI is InChI=1S/C29H30ClN5OS/c1-18(2)35(19(3)4)14-6-7-21-16-32-28(31)26-25(17-37-27(21)26)20-10-12-23(13-11-20)33-29(36)34-24-9-5-8-22(30)15-24/h5,8-13,15-19H,14H2,1-4H3,(H2,31,32)(H2,33,34,36). The van der Waals surface area contributed by atoms with Gasteiger partial charge >= 0.3 is 6.03 Å². The Labute approximate surface area is 226 Å². The number of carbonyl (C=O) groups is 1. The SMILES string of the molecule is CC(C)N(CC#Cc1cnc(N)c2c(-c3ccc(NC(=O)Nc4cccc(Cl)c4)cc3)csc12)C(C)C. The largest absolute Gasteiger partial charge is 0.383 e. The van der Waals surface area contributed by atoms with E-state index in [4.69, 9.17) is 17.3 Å². The molecule has 0 unspecified atom stereocenters. The zero-order chi connectivity index (χ0) is 26.5. The zero-order valence-electron chi connectivity index (χ0n) is 21.3. The molecule has 0 atom stereocenters. The highest BCUT2D eigenvalue weighted by atomic mass is 35.5. The molecule has 4 aromatic rings. The van der Waals surface area contributed by atoms with Gasteiger partial charge in [-0.1, -0.05) is 41.6 Å². The number of nitrogens with zero attached hydrogens (tertiary/aromatic N) is 2. The van der Waals surface area contributed by atoms with E-state index >= 15 is 0 Å². The van der Waals surface area contributed by atoms with Crippen LogP contribution in [-0.4, -0.2) is 34.5 Å². The molecule has 4 N–H and O–H groups in total. The average Bonchev–Trinajstić information content (AvgIpc) is 3.29. The number of anilines is 3. The lowest BCUT2D eigenvalue weighted by molar-refractivity contribution is 0.200. The summed E-state index contributed by atoms with van der Waals surface area (Å²) in [5.41, 5.74) is 10.5. The van der Waals surface area contributed by atoms with Gasteiger partial charge in [-0.3, -0.25) is 4.90 Å². The maximum atomic E-state index is 12.4. The van der Waals surface area contributed by atoms with Gasteiger partial charge in [0, 0.05) is 45.6 Å². The molecular weight excluding hydrogens is 502 g/mol. The molecule has 0 saturated heterocycles. The van der Waals surface area contributed by atoms with Crippen LogP contribution in [0.1, 0.15) is 33.3 Å². The number of halogens is 1. The lowest BCUT2D eigenvalue weighted by Gasteiger charge is -2.28. The highest BCUT2D eigenvalue weighted by Crippen LogP contribution is 2.38. The normalized spacial score (nSPS) is 11.1. The van der Waals surface area contributed by atoms with E-state index in [2.05, 4.69) is 65.4 Å². The number of hydrogen-bond donors (Lipinski definition) is 3. The Morgan fingerprint density at radius 1 is 1.08 bits per heavy atom. The van der Waals surface area contributed by atoms with Gasteiger partial charge in [0.1, 0.15) is 5.82 Å². The third-order valence-electron chi connectivity index (χ3n) is 5.97. The van der Waals surface area contributed by atoms with Crippen LogP contribution in [0.5, 0.6) is 0 Å². The second kappa shape index (κ2) is 11.7. The molecule has 2 aromatic heterocycles. The third-order valence-corrected chi connectivity index (χ3v) is 7.22. The van der Waals surface area contributed by atoms with Crippen molar-refractivity contribution >= 4 is 56.2 Å². The minimum absolute atomic E-state index is 0.346. The number of fused-ring (bicyclic) bond motifs is 1. The zero-order valence-corrected chi connectivity index (χ0v) is 22.9. The Kier molecular flexibility index (Phi) is 8.34. The molecule has 0 aliphatic heterocycles. The Balaban J connectivity index is 1.53. The van der Waals surface area contributed by atoms with Crippen LogP contribution in [0.15, 0.2) is 60.1 Å². The summed E-state index contributed by atoms with van der Waals surface area (Å²) in [5, 5.41) is 9.15. The molecule has 0 saturated carbocycles. The molecule has 8 heteroatoms. The molecule has 4 rings (SSSR count). The Morgan fingerprint density at radius 3 is 2.46 bits per heavy atom. The number of rotatable bonds is 6. The molecule has 2 aromatic carbocycles. The topological polar surface area (TPSA) is 83.3 Å². The number of urea groups is 1. The lowest BCUT2D eigenvalue weighted by atomic mass is 10.0. The predicted molar refractivity (Wildman–Crippen MR) is 157 cm³/mol. The van der Waals surface area contributed by atoms with Crippen molar-refractivity contribution in [2.24, 2.45) is 0 Å². The number of hydrogen-bond acceptors (Lipinski definition) is 5. The number of aromatic nitrogens is 1. The molecular formula is C29H30ClN5OS. The highest BCUT2D eigenvalue weighted by molar-refractivity contribution is 7.18. The van der Waals surface area contributed by atoms with Crippen LogP contribution >= 0.6 is 22.9 Å². The molecule has 0 spiro atoms. The van der Waals surface area contributed by atoms with Crippen molar-refractivity contribution in [2.75, 3.05) is 22.9 Å². The van der Waals surface area contributed by atoms with Gasteiger partial charge in [-0.15, -0.1) is 11.3 Å². The van der Waals surface area contributed by atoms with Gasteiger partial charge in [-0.05, 0) is 69.0 Å². The number of nitrogen functional groups attached to an aromatic ring is 1. The van der Waals surface area contributed by atoms with Crippen LogP contribution in [0.4, 0.5) is 22.0 Å². The Bertz CT molecular complexity index is 1460. The maximum absolute atomic E-state index is 12.4. The highest BCUT2D eigenvalue weighted by Gasteiger charge is 2.15. The van der Waals surface area contributed by atoms with Crippen molar-refractivity contribution < 1.29 is 4.79 Å². The summed E-state index contributed by atoms with van der Waals surface area (Å²) in [4.78, 5) is 19.1. The Hall–Kier alpha value is -3.57. The fourth-order valence-electron chi connectivity index (χ4n) is 4.15. The quantitative estimate of drug-likeness (QED) is 0.228. The van der Waals surface area contributed by atoms with Crippen molar-refractivity contribution in [1.82, 2.24) is 9.88 Å². The van der Waals surface area contributed by atoms with Gasteiger partial charge in [0.25, 0.3) is 0 Å². The Morgan fingerprint density at radius 2 is 1.78 bits per heavy atom. The van der Waals surface area contributed by atoms with Crippen LogP contribution in [0.2, 0.25) is 5.02 Å². The summed E-state index contributed by atoms with van der Waals surface area (Å²) in [6, 6.07) is 15.1. The second-order valence-corrected chi connectivity index (χ2v) is 10.6. The number of thiophene rings is 1. The fraction of sp³-hybridized carbons (Fsp3) is 0.241. The minimum Gasteiger partial charge on any atom is -0.383 e. The molecule has 0 aliphatic carbocycles. The van der Waals surface area contributed by atoms with E-state index in [1.165, 1.54) is 0 Å². The number of pyridine rings is 1. The molecule has 0 aliphatic rings. The van der Waals surface area contributed by atoms with E-state index in [9.17, 15) is 4.79 Å². The van der Waals surface area contributed by atoms with Gasteiger partial charge in [-0.2, -0.15) is 0 Å². The van der Waals surface area contributed by atoms with Crippen molar-refractivity contribution in [2.45, 2.75) is 39.8 Å². The summed E-state index contributed by atoms with van der Waals surface area (Å²) in [6.07, 6.45) is 1.76. The number of amides is 2. The van der Waals surface area contributed by atoms with Crippen LogP contribution < -0.4 is 16.4 Å². The molecule has 6 nitrogen and oxygen atoms in total. The number of nitrogens with one attached hydrogen (secondary N) is 2. The van der Waals surface area contributed by atoms with E-state index in [1.54, 1.807) is 41.8 Å². The van der Waals surface area contributed by atoms with Gasteiger partial charge in [0.15, 0.2) is 0 Å². The molecule has 0 bridgehead atoms. The van der Waals surface area contributed by atoms with Gasteiger partial charge < -0.3 is 16.4 Å². The van der Waals surface area contributed by atoms with E-state index in [0.717, 1.165) is 26.8 Å². The summed E-state index contributed by atoms with van der Waals surface area (Å²) in [5.74, 6) is 7.11. The first-order valence-corrected chi connectivity index (χ1v) is 13.3. The molecule has 2 heterocycles. The van der Waals surface area contributed by atoms with Crippen LogP contribution in [0.25, 0.3) is 21.2 Å². The van der Waals surface area contributed by atoms with Crippen molar-refractivity contribution in [3.8, 4) is 23.0 Å². The molecule has 2 amide bonds.